The molecule has 176 valence electrons. The molecule has 1 aromatic carbocycles. The van der Waals surface area contributed by atoms with E-state index in [2.05, 4.69) is 15.2 Å². The number of aromatic nitrogens is 3. The zero-order chi connectivity index (χ0) is 24.5. The minimum absolute atomic E-state index is 0.0750. The Labute approximate surface area is 194 Å². The molecule has 2 aromatic heterocycles. The van der Waals surface area contributed by atoms with Gasteiger partial charge >= 0.3 is 0 Å². The van der Waals surface area contributed by atoms with Crippen molar-refractivity contribution in [1.29, 1.82) is 0 Å². The molecule has 0 amide bonds. The fourth-order valence-electron chi connectivity index (χ4n) is 3.66. The van der Waals surface area contributed by atoms with Crippen molar-refractivity contribution < 1.29 is 18.3 Å². The van der Waals surface area contributed by atoms with Crippen molar-refractivity contribution in [2.75, 3.05) is 31.1 Å². The van der Waals surface area contributed by atoms with Crippen molar-refractivity contribution in [3.8, 4) is 11.3 Å². The molecule has 13 nitrogen and oxygen atoms in total. The Kier molecular flexibility index (Phi) is 6.17. The van der Waals surface area contributed by atoms with Crippen LogP contribution in [0.1, 0.15) is 5.56 Å². The van der Waals surface area contributed by atoms with Crippen LogP contribution in [0.4, 0.5) is 17.2 Å². The lowest BCUT2D eigenvalue weighted by Crippen LogP contribution is -2.49. The summed E-state index contributed by atoms with van der Waals surface area (Å²) in [6.07, 6.45) is 3.31. The molecule has 0 saturated carbocycles. The molecule has 0 atom stereocenters. The fraction of sp³-hybridized carbons (Fsp3) is 0.250. The van der Waals surface area contributed by atoms with Gasteiger partial charge in [-0.1, -0.05) is 0 Å². The summed E-state index contributed by atoms with van der Waals surface area (Å²) >= 11 is 0. The zero-order valence-electron chi connectivity index (χ0n) is 17.9. The van der Waals surface area contributed by atoms with Crippen LogP contribution in [0.2, 0.25) is 0 Å². The van der Waals surface area contributed by atoms with Gasteiger partial charge in [0, 0.05) is 56.3 Å². The van der Waals surface area contributed by atoms with E-state index in [1.54, 1.807) is 18.5 Å². The van der Waals surface area contributed by atoms with Crippen molar-refractivity contribution >= 4 is 27.2 Å². The van der Waals surface area contributed by atoms with E-state index in [0.717, 1.165) is 22.0 Å². The molecule has 0 bridgehead atoms. The van der Waals surface area contributed by atoms with Crippen LogP contribution in [0.25, 0.3) is 11.3 Å². The molecule has 0 radical (unpaired) electrons. The Bertz CT molecular complexity index is 1310. The van der Waals surface area contributed by atoms with E-state index in [0.29, 0.717) is 24.6 Å². The highest BCUT2D eigenvalue weighted by molar-refractivity contribution is 7.89. The van der Waals surface area contributed by atoms with Crippen LogP contribution in [0, 0.1) is 27.2 Å². The summed E-state index contributed by atoms with van der Waals surface area (Å²) in [4.78, 5) is 26.3. The summed E-state index contributed by atoms with van der Waals surface area (Å²) in [5.41, 5.74) is 0.112. The molecule has 34 heavy (non-hydrogen) atoms. The van der Waals surface area contributed by atoms with E-state index >= 15 is 0 Å². The van der Waals surface area contributed by atoms with Gasteiger partial charge in [-0.3, -0.25) is 25.2 Å². The number of benzene rings is 1. The van der Waals surface area contributed by atoms with Crippen LogP contribution in [0.15, 0.2) is 53.7 Å². The number of nitro groups is 2. The molecule has 0 aliphatic carbocycles. The third-order valence-corrected chi connectivity index (χ3v) is 7.42. The molecule has 1 fully saturated rings. The highest BCUT2D eigenvalue weighted by Gasteiger charge is 2.33. The van der Waals surface area contributed by atoms with E-state index in [4.69, 9.17) is 0 Å². The van der Waals surface area contributed by atoms with Crippen LogP contribution >= 0.6 is 0 Å². The summed E-state index contributed by atoms with van der Waals surface area (Å²) in [7, 11) is -4.18. The van der Waals surface area contributed by atoms with Crippen LogP contribution in [-0.4, -0.2) is 63.9 Å². The van der Waals surface area contributed by atoms with Crippen LogP contribution in [0.5, 0.6) is 0 Å². The van der Waals surface area contributed by atoms with Gasteiger partial charge < -0.3 is 4.90 Å². The van der Waals surface area contributed by atoms with Crippen molar-refractivity contribution in [2.24, 2.45) is 0 Å². The lowest BCUT2D eigenvalue weighted by molar-refractivity contribution is -0.395. The highest BCUT2D eigenvalue weighted by atomic mass is 32.2. The van der Waals surface area contributed by atoms with Crippen molar-refractivity contribution in [3.05, 3.63) is 74.6 Å². The SMILES string of the molecule is Cc1c([N+](=O)[O-])cc(S(=O)(=O)N2CCN(c3ccc(-c4ccncc4)nn3)CC2)cc1[N+](=O)[O-]. The van der Waals surface area contributed by atoms with E-state index in [1.807, 2.05) is 23.1 Å². The summed E-state index contributed by atoms with van der Waals surface area (Å²) in [5, 5.41) is 31.1. The van der Waals surface area contributed by atoms with Gasteiger partial charge in [-0.05, 0) is 31.2 Å². The molecule has 0 unspecified atom stereocenters. The van der Waals surface area contributed by atoms with Gasteiger partial charge in [-0.25, -0.2) is 8.42 Å². The normalized spacial score (nSPS) is 14.7. The molecule has 0 N–H and O–H groups in total. The van der Waals surface area contributed by atoms with Gasteiger partial charge in [0.15, 0.2) is 5.82 Å². The number of anilines is 1. The molecule has 3 heterocycles. The molecule has 1 saturated heterocycles. The first-order valence-corrected chi connectivity index (χ1v) is 11.5. The molecule has 4 rings (SSSR count). The second-order valence-corrected chi connectivity index (χ2v) is 9.44. The second-order valence-electron chi connectivity index (χ2n) is 7.50. The summed E-state index contributed by atoms with van der Waals surface area (Å²) in [6.45, 7) is 1.97. The Hall–Kier alpha value is -4.04. The first-order chi connectivity index (χ1) is 16.2. The smallest absolute Gasteiger partial charge is 0.280 e. The first-order valence-electron chi connectivity index (χ1n) is 10.1. The number of sulfonamides is 1. The maximum Gasteiger partial charge on any atom is 0.280 e. The number of rotatable bonds is 6. The van der Waals surface area contributed by atoms with Gasteiger partial charge in [0.1, 0.15) is 5.56 Å². The average molecular weight is 485 g/mol. The first kappa shape index (κ1) is 23.1. The molecular formula is C20H19N7O6S. The van der Waals surface area contributed by atoms with Crippen LogP contribution in [0.3, 0.4) is 0 Å². The maximum atomic E-state index is 13.1. The van der Waals surface area contributed by atoms with E-state index < -0.39 is 36.1 Å². The predicted molar refractivity (Wildman–Crippen MR) is 121 cm³/mol. The molecule has 14 heteroatoms. The van der Waals surface area contributed by atoms with Crippen LogP contribution in [-0.2, 0) is 10.0 Å². The van der Waals surface area contributed by atoms with E-state index in [1.165, 1.54) is 6.92 Å². The summed E-state index contributed by atoms with van der Waals surface area (Å²) in [5.74, 6) is 0.580. The van der Waals surface area contributed by atoms with Gasteiger partial charge in [-0.15, -0.1) is 10.2 Å². The van der Waals surface area contributed by atoms with E-state index in [-0.39, 0.29) is 18.7 Å². The Morgan fingerprint density at radius 3 is 1.97 bits per heavy atom. The Morgan fingerprint density at radius 2 is 1.47 bits per heavy atom. The highest BCUT2D eigenvalue weighted by Crippen LogP contribution is 2.33. The lowest BCUT2D eigenvalue weighted by Gasteiger charge is -2.34. The molecule has 3 aromatic rings. The minimum atomic E-state index is -4.18. The lowest BCUT2D eigenvalue weighted by atomic mass is 10.1. The van der Waals surface area contributed by atoms with Gasteiger partial charge in [0.05, 0.1) is 20.4 Å². The monoisotopic (exact) mass is 485 g/mol. The van der Waals surface area contributed by atoms with Crippen molar-refractivity contribution in [3.63, 3.8) is 0 Å². The summed E-state index contributed by atoms with van der Waals surface area (Å²) < 4.78 is 27.4. The Balaban J connectivity index is 1.52. The zero-order valence-corrected chi connectivity index (χ0v) is 18.8. The number of hydrogen-bond acceptors (Lipinski definition) is 10. The largest absolute Gasteiger partial charge is 0.352 e. The third-order valence-electron chi connectivity index (χ3n) is 5.55. The van der Waals surface area contributed by atoms with Crippen LogP contribution < -0.4 is 4.90 Å². The predicted octanol–water partition coefficient (Wildman–Crippen LogP) is 2.17. The van der Waals surface area contributed by atoms with Crippen molar-refractivity contribution in [2.45, 2.75) is 11.8 Å². The van der Waals surface area contributed by atoms with Gasteiger partial charge in [-0.2, -0.15) is 4.31 Å². The van der Waals surface area contributed by atoms with Gasteiger partial charge in [0.25, 0.3) is 11.4 Å². The molecular weight excluding hydrogens is 466 g/mol. The number of piperazine rings is 1. The summed E-state index contributed by atoms with van der Waals surface area (Å²) in [6, 6.07) is 8.96. The second kappa shape index (κ2) is 9.07. The standard InChI is InChI=1S/C20H19N7O6S/c1-14-18(26(28)29)12-16(13-19(14)27(30)31)34(32,33)25-10-8-24(9-11-25)20-3-2-17(22-23-20)15-4-6-21-7-5-15/h2-7,12-13H,8-11H2,1H3. The maximum absolute atomic E-state index is 13.1. The third kappa shape index (κ3) is 4.40. The quantitative estimate of drug-likeness (QED) is 0.373. The van der Waals surface area contributed by atoms with Crippen molar-refractivity contribution in [1.82, 2.24) is 19.5 Å². The molecule has 1 aliphatic heterocycles. The minimum Gasteiger partial charge on any atom is -0.352 e. The fourth-order valence-corrected chi connectivity index (χ4v) is 5.13. The number of pyridine rings is 1. The number of nitrogens with zero attached hydrogens (tertiary/aromatic N) is 7. The van der Waals surface area contributed by atoms with E-state index in [9.17, 15) is 28.6 Å². The topological polar surface area (TPSA) is 166 Å². The number of nitro benzene ring substituents is 2. The Morgan fingerprint density at radius 1 is 0.882 bits per heavy atom. The molecule has 1 aliphatic rings. The van der Waals surface area contributed by atoms with Gasteiger partial charge in [0.2, 0.25) is 10.0 Å². The average Bonchev–Trinajstić information content (AvgIpc) is 2.84. The molecule has 0 spiro atoms. The number of hydrogen-bond donors (Lipinski definition) is 0.